The minimum absolute atomic E-state index is 0.0822. The molecule has 2 unspecified atom stereocenters. The smallest absolute Gasteiger partial charge is 0.144 e. The van der Waals surface area contributed by atoms with Gasteiger partial charge < -0.3 is 10.1 Å². The molecule has 5 heteroatoms. The Kier molecular flexibility index (Phi) is 4.62. The fourth-order valence-corrected chi connectivity index (χ4v) is 2.69. The average molecular weight is 288 g/mol. The molecule has 18 heavy (non-hydrogen) atoms. The lowest BCUT2D eigenvalue weighted by atomic mass is 9.94. The summed E-state index contributed by atoms with van der Waals surface area (Å²) in [4.78, 5) is 12.3. The number of hydrogen-bond donors (Lipinski definition) is 1. The van der Waals surface area contributed by atoms with Gasteiger partial charge in [-0.3, -0.25) is 4.79 Å². The standard InChI is InChI=1S/C13H15Cl2NO2/c1-16-12-7-18-6-9(12)13(17)5-8-10(14)3-2-4-11(8)15/h2-4,9,12,16H,5-7H2,1H3. The van der Waals surface area contributed by atoms with E-state index in [1.54, 1.807) is 18.2 Å². The number of nitrogens with one attached hydrogen (secondary N) is 1. The van der Waals surface area contributed by atoms with E-state index in [9.17, 15) is 4.79 Å². The van der Waals surface area contributed by atoms with Crippen LogP contribution in [0.15, 0.2) is 18.2 Å². The predicted octanol–water partition coefficient (Wildman–Crippen LogP) is 2.34. The van der Waals surface area contributed by atoms with Gasteiger partial charge in [0.1, 0.15) is 5.78 Å². The minimum Gasteiger partial charge on any atom is -0.379 e. The molecule has 0 amide bonds. The zero-order chi connectivity index (χ0) is 13.1. The Bertz CT molecular complexity index is 430. The van der Waals surface area contributed by atoms with Crippen LogP contribution < -0.4 is 5.32 Å². The molecule has 1 aromatic carbocycles. The van der Waals surface area contributed by atoms with Crippen LogP contribution in [-0.2, 0) is 16.0 Å². The zero-order valence-corrected chi connectivity index (χ0v) is 11.6. The number of likely N-dealkylation sites (N-methyl/N-ethyl adjacent to an activating group) is 1. The maximum Gasteiger partial charge on any atom is 0.144 e. The third kappa shape index (κ3) is 2.86. The first-order valence-corrected chi connectivity index (χ1v) is 6.59. The summed E-state index contributed by atoms with van der Waals surface area (Å²) in [6.07, 6.45) is 0.255. The number of carbonyl (C=O) groups is 1. The number of ketones is 1. The molecule has 98 valence electrons. The quantitative estimate of drug-likeness (QED) is 0.924. The van der Waals surface area contributed by atoms with Gasteiger partial charge in [-0.15, -0.1) is 0 Å². The Morgan fingerprint density at radius 1 is 1.39 bits per heavy atom. The second-order valence-electron chi connectivity index (χ2n) is 4.38. The van der Waals surface area contributed by atoms with Crippen molar-refractivity contribution in [1.29, 1.82) is 0 Å². The van der Waals surface area contributed by atoms with Gasteiger partial charge in [-0.25, -0.2) is 0 Å². The van der Waals surface area contributed by atoms with Gasteiger partial charge in [0, 0.05) is 22.5 Å². The van der Waals surface area contributed by atoms with Gasteiger partial charge in [-0.1, -0.05) is 29.3 Å². The molecule has 1 N–H and O–H groups in total. The second-order valence-corrected chi connectivity index (χ2v) is 5.20. The Morgan fingerprint density at radius 3 is 2.67 bits per heavy atom. The number of rotatable bonds is 4. The number of halogens is 2. The number of Topliss-reactive ketones (excluding diaryl/α,β-unsaturated/α-hetero) is 1. The lowest BCUT2D eigenvalue weighted by Gasteiger charge is -2.16. The zero-order valence-electron chi connectivity index (χ0n) is 10.1. The van der Waals surface area contributed by atoms with Crippen LogP contribution in [0.2, 0.25) is 10.0 Å². The Balaban J connectivity index is 2.12. The van der Waals surface area contributed by atoms with E-state index < -0.39 is 0 Å². The molecule has 1 heterocycles. The van der Waals surface area contributed by atoms with Crippen LogP contribution in [0.5, 0.6) is 0 Å². The second kappa shape index (κ2) is 6.02. The molecule has 0 saturated carbocycles. The Labute approximate surface area is 116 Å². The third-order valence-corrected chi connectivity index (χ3v) is 3.99. The van der Waals surface area contributed by atoms with E-state index in [0.717, 1.165) is 0 Å². The van der Waals surface area contributed by atoms with Crippen molar-refractivity contribution in [2.75, 3.05) is 20.3 Å². The molecule has 0 bridgehead atoms. The summed E-state index contributed by atoms with van der Waals surface area (Å²) < 4.78 is 5.33. The van der Waals surface area contributed by atoms with Crippen LogP contribution in [0, 0.1) is 5.92 Å². The first kappa shape index (κ1) is 13.8. The highest BCUT2D eigenvalue weighted by molar-refractivity contribution is 6.36. The fourth-order valence-electron chi connectivity index (χ4n) is 2.16. The maximum absolute atomic E-state index is 12.3. The van der Waals surface area contributed by atoms with Gasteiger partial charge in [0.2, 0.25) is 0 Å². The summed E-state index contributed by atoms with van der Waals surface area (Å²) in [6.45, 7) is 1.04. The highest BCUT2D eigenvalue weighted by Crippen LogP contribution is 2.27. The van der Waals surface area contributed by atoms with E-state index in [1.165, 1.54) is 0 Å². The third-order valence-electron chi connectivity index (χ3n) is 3.28. The fraction of sp³-hybridized carbons (Fsp3) is 0.462. The van der Waals surface area contributed by atoms with E-state index in [4.69, 9.17) is 27.9 Å². The van der Waals surface area contributed by atoms with E-state index in [0.29, 0.717) is 28.8 Å². The normalized spacial score (nSPS) is 23.3. The van der Waals surface area contributed by atoms with Crippen molar-refractivity contribution < 1.29 is 9.53 Å². The highest BCUT2D eigenvalue weighted by atomic mass is 35.5. The predicted molar refractivity (Wildman–Crippen MR) is 72.3 cm³/mol. The van der Waals surface area contributed by atoms with Crippen molar-refractivity contribution >= 4 is 29.0 Å². The first-order valence-electron chi connectivity index (χ1n) is 5.84. The Hall–Kier alpha value is -0.610. The molecule has 3 nitrogen and oxygen atoms in total. The summed E-state index contributed by atoms with van der Waals surface area (Å²) in [5, 5.41) is 4.17. The summed E-state index contributed by atoms with van der Waals surface area (Å²) >= 11 is 12.1. The highest BCUT2D eigenvalue weighted by Gasteiger charge is 2.33. The average Bonchev–Trinajstić information content (AvgIpc) is 2.82. The van der Waals surface area contributed by atoms with E-state index in [2.05, 4.69) is 5.32 Å². The van der Waals surface area contributed by atoms with Crippen molar-refractivity contribution in [1.82, 2.24) is 5.32 Å². The number of hydrogen-bond acceptors (Lipinski definition) is 3. The number of ether oxygens (including phenoxy) is 1. The van der Waals surface area contributed by atoms with Crippen LogP contribution in [-0.4, -0.2) is 32.1 Å². The van der Waals surface area contributed by atoms with Crippen molar-refractivity contribution in [2.24, 2.45) is 5.92 Å². The number of benzene rings is 1. The lowest BCUT2D eigenvalue weighted by Crippen LogP contribution is -2.37. The largest absolute Gasteiger partial charge is 0.379 e. The van der Waals surface area contributed by atoms with Crippen LogP contribution >= 0.6 is 23.2 Å². The molecule has 1 saturated heterocycles. The van der Waals surface area contributed by atoms with E-state index >= 15 is 0 Å². The maximum atomic E-state index is 12.3. The van der Waals surface area contributed by atoms with Gasteiger partial charge in [0.25, 0.3) is 0 Å². The van der Waals surface area contributed by atoms with Crippen LogP contribution in [0.3, 0.4) is 0 Å². The first-order chi connectivity index (χ1) is 8.63. The molecule has 0 radical (unpaired) electrons. The summed E-state index contributed by atoms with van der Waals surface area (Å²) in [5.41, 5.74) is 0.701. The molecular formula is C13H15Cl2NO2. The van der Waals surface area contributed by atoms with E-state index in [-0.39, 0.29) is 24.2 Å². The van der Waals surface area contributed by atoms with Gasteiger partial charge in [-0.05, 0) is 24.7 Å². The summed E-state index contributed by atoms with van der Waals surface area (Å²) in [7, 11) is 1.84. The molecule has 1 fully saturated rings. The molecular weight excluding hydrogens is 273 g/mol. The van der Waals surface area contributed by atoms with Crippen LogP contribution in [0.25, 0.3) is 0 Å². The summed E-state index contributed by atoms with van der Waals surface area (Å²) in [5.74, 6) is -0.0100. The molecule has 1 aliphatic rings. The lowest BCUT2D eigenvalue weighted by molar-refractivity contribution is -0.122. The monoisotopic (exact) mass is 287 g/mol. The van der Waals surface area contributed by atoms with Crippen LogP contribution in [0.1, 0.15) is 5.56 Å². The van der Waals surface area contributed by atoms with Crippen molar-refractivity contribution in [2.45, 2.75) is 12.5 Å². The number of carbonyl (C=O) groups excluding carboxylic acids is 1. The topological polar surface area (TPSA) is 38.3 Å². The van der Waals surface area contributed by atoms with E-state index in [1.807, 2.05) is 7.05 Å². The molecule has 2 atom stereocenters. The van der Waals surface area contributed by atoms with Crippen molar-refractivity contribution in [3.8, 4) is 0 Å². The van der Waals surface area contributed by atoms with Gasteiger partial charge in [0.05, 0.1) is 19.1 Å². The van der Waals surface area contributed by atoms with Crippen LogP contribution in [0.4, 0.5) is 0 Å². The SMILES string of the molecule is CNC1COCC1C(=O)Cc1c(Cl)cccc1Cl. The molecule has 1 aromatic rings. The van der Waals surface area contributed by atoms with Gasteiger partial charge in [0.15, 0.2) is 0 Å². The van der Waals surface area contributed by atoms with Gasteiger partial charge >= 0.3 is 0 Å². The molecule has 2 rings (SSSR count). The molecule has 0 aliphatic carbocycles. The molecule has 0 spiro atoms. The minimum atomic E-state index is -0.123. The Morgan fingerprint density at radius 2 is 2.06 bits per heavy atom. The van der Waals surface area contributed by atoms with Crippen molar-refractivity contribution in [3.05, 3.63) is 33.8 Å². The molecule has 0 aromatic heterocycles. The molecule has 1 aliphatic heterocycles. The van der Waals surface area contributed by atoms with Crippen molar-refractivity contribution in [3.63, 3.8) is 0 Å². The summed E-state index contributed by atoms with van der Waals surface area (Å²) in [6, 6.07) is 5.35. The van der Waals surface area contributed by atoms with Gasteiger partial charge in [-0.2, -0.15) is 0 Å².